The van der Waals surface area contributed by atoms with Gasteiger partial charge in [-0.2, -0.15) is 0 Å². The lowest BCUT2D eigenvalue weighted by Crippen LogP contribution is -2.24. The Hall–Kier alpha value is -3.68. The summed E-state index contributed by atoms with van der Waals surface area (Å²) < 4.78 is 0. The minimum Gasteiger partial charge on any atom is -0.356 e. The molecule has 1 aliphatic rings. The molecule has 37 heavy (non-hydrogen) atoms. The van der Waals surface area contributed by atoms with Crippen molar-refractivity contribution in [2.45, 2.75) is 71.6 Å². The third-order valence-electron chi connectivity index (χ3n) is 6.46. The van der Waals surface area contributed by atoms with E-state index in [2.05, 4.69) is 28.2 Å². The summed E-state index contributed by atoms with van der Waals surface area (Å²) in [6.45, 7) is 7.24. The van der Waals surface area contributed by atoms with Crippen molar-refractivity contribution >= 4 is 35.0 Å². The SMILES string of the molecule is CCCNC(=O)CCCC(=O)Nc1ccc2c(c1)C(C)c1cc(NC(=O)CCCC(=O)NCC)ccc1-2. The second-order valence-corrected chi connectivity index (χ2v) is 9.43. The van der Waals surface area contributed by atoms with Gasteiger partial charge < -0.3 is 21.3 Å². The Balaban J connectivity index is 1.55. The third kappa shape index (κ3) is 7.90. The lowest BCUT2D eigenvalue weighted by atomic mass is 9.98. The molecule has 0 heterocycles. The van der Waals surface area contributed by atoms with Crippen LogP contribution in [0.25, 0.3) is 11.1 Å². The van der Waals surface area contributed by atoms with Crippen molar-refractivity contribution in [2.24, 2.45) is 0 Å². The van der Waals surface area contributed by atoms with E-state index in [-0.39, 0.29) is 36.0 Å². The highest BCUT2D eigenvalue weighted by molar-refractivity contribution is 5.94. The molecule has 0 saturated carbocycles. The molecule has 0 fully saturated rings. The summed E-state index contributed by atoms with van der Waals surface area (Å²) in [5, 5.41) is 11.5. The van der Waals surface area contributed by atoms with Gasteiger partial charge in [0.15, 0.2) is 0 Å². The quantitative estimate of drug-likeness (QED) is 0.315. The maximum atomic E-state index is 12.4. The van der Waals surface area contributed by atoms with Crippen molar-refractivity contribution in [2.75, 3.05) is 23.7 Å². The fourth-order valence-corrected chi connectivity index (χ4v) is 4.56. The van der Waals surface area contributed by atoms with Gasteiger partial charge >= 0.3 is 0 Å². The van der Waals surface area contributed by atoms with E-state index in [0.717, 1.165) is 40.0 Å². The number of hydrogen-bond donors (Lipinski definition) is 4. The molecular weight excluding hydrogens is 468 g/mol. The molecule has 0 bridgehead atoms. The molecule has 3 rings (SSSR count). The van der Waals surface area contributed by atoms with Crippen LogP contribution < -0.4 is 21.3 Å². The van der Waals surface area contributed by atoms with Crippen LogP contribution in [-0.4, -0.2) is 36.7 Å². The Bertz CT molecular complexity index is 1140. The van der Waals surface area contributed by atoms with Crippen molar-refractivity contribution in [3.8, 4) is 11.1 Å². The molecular formula is C29H38N4O4. The highest BCUT2D eigenvalue weighted by Crippen LogP contribution is 2.46. The minimum absolute atomic E-state index is 0.0197. The van der Waals surface area contributed by atoms with E-state index in [0.29, 0.717) is 45.2 Å². The number of carbonyl (C=O) groups excluding carboxylic acids is 4. The number of hydrogen-bond acceptors (Lipinski definition) is 4. The van der Waals surface area contributed by atoms with Crippen LogP contribution in [-0.2, 0) is 19.2 Å². The van der Waals surface area contributed by atoms with E-state index in [9.17, 15) is 19.2 Å². The van der Waals surface area contributed by atoms with Gasteiger partial charge in [-0.05, 0) is 72.7 Å². The lowest BCUT2D eigenvalue weighted by molar-refractivity contribution is -0.122. The molecule has 8 heteroatoms. The topological polar surface area (TPSA) is 116 Å². The number of fused-ring (bicyclic) bond motifs is 3. The zero-order valence-electron chi connectivity index (χ0n) is 22.0. The summed E-state index contributed by atoms with van der Waals surface area (Å²) in [7, 11) is 0. The second-order valence-electron chi connectivity index (χ2n) is 9.43. The average Bonchev–Trinajstić information content (AvgIpc) is 3.13. The number of carbonyl (C=O) groups is 4. The summed E-state index contributed by atoms with van der Waals surface area (Å²) in [6.07, 6.45) is 3.17. The molecule has 198 valence electrons. The van der Waals surface area contributed by atoms with Crippen molar-refractivity contribution in [1.29, 1.82) is 0 Å². The predicted octanol–water partition coefficient (Wildman–Crippen LogP) is 4.70. The number of anilines is 2. The molecule has 2 aromatic carbocycles. The molecule has 1 unspecified atom stereocenters. The first-order valence-corrected chi connectivity index (χ1v) is 13.2. The van der Waals surface area contributed by atoms with E-state index >= 15 is 0 Å². The fraction of sp³-hybridized carbons (Fsp3) is 0.448. The van der Waals surface area contributed by atoms with Crippen molar-refractivity contribution < 1.29 is 19.2 Å². The number of nitrogens with one attached hydrogen (secondary N) is 4. The van der Waals surface area contributed by atoms with Gasteiger partial charge in [0.1, 0.15) is 0 Å². The maximum absolute atomic E-state index is 12.4. The Morgan fingerprint density at radius 1 is 0.676 bits per heavy atom. The Labute approximate surface area is 219 Å². The first kappa shape index (κ1) is 27.9. The smallest absolute Gasteiger partial charge is 0.224 e. The molecule has 0 aromatic heterocycles. The maximum Gasteiger partial charge on any atom is 0.224 e. The molecule has 4 amide bonds. The van der Waals surface area contributed by atoms with Gasteiger partial charge in [-0.1, -0.05) is 26.0 Å². The van der Waals surface area contributed by atoms with Gasteiger partial charge in [0.25, 0.3) is 0 Å². The molecule has 8 nitrogen and oxygen atoms in total. The first-order valence-electron chi connectivity index (χ1n) is 13.2. The van der Waals surface area contributed by atoms with Crippen LogP contribution in [0.15, 0.2) is 36.4 Å². The van der Waals surface area contributed by atoms with E-state index in [1.54, 1.807) is 0 Å². The summed E-state index contributed by atoms with van der Waals surface area (Å²) in [5.41, 5.74) is 5.95. The Morgan fingerprint density at radius 3 is 1.59 bits per heavy atom. The van der Waals surface area contributed by atoms with Crippen LogP contribution in [0.5, 0.6) is 0 Å². The third-order valence-corrected chi connectivity index (χ3v) is 6.46. The molecule has 1 atom stereocenters. The van der Waals surface area contributed by atoms with E-state index in [1.165, 1.54) is 0 Å². The molecule has 4 N–H and O–H groups in total. The van der Waals surface area contributed by atoms with Crippen LogP contribution in [0.4, 0.5) is 11.4 Å². The molecule has 0 aliphatic heterocycles. The van der Waals surface area contributed by atoms with Gasteiger partial charge in [-0.15, -0.1) is 0 Å². The van der Waals surface area contributed by atoms with E-state index in [1.807, 2.05) is 50.2 Å². The van der Waals surface area contributed by atoms with Crippen molar-refractivity contribution in [3.05, 3.63) is 47.5 Å². The lowest BCUT2D eigenvalue weighted by Gasteiger charge is -2.11. The normalized spacial score (nSPS) is 13.3. The first-order chi connectivity index (χ1) is 17.8. The minimum atomic E-state index is -0.111. The molecule has 1 aliphatic carbocycles. The van der Waals surface area contributed by atoms with Crippen LogP contribution in [0.3, 0.4) is 0 Å². The Kier molecular flexibility index (Phi) is 10.2. The average molecular weight is 507 g/mol. The molecule has 2 aromatic rings. The number of benzene rings is 2. The molecule has 0 saturated heterocycles. The standard InChI is InChI=1S/C29H38N4O4/c1-4-16-31-27(35)9-7-11-29(37)33-21-13-15-23-22-14-12-20(17-24(22)19(3)25(23)18-21)32-28(36)10-6-8-26(34)30-5-2/h12-15,17-19H,4-11,16H2,1-3H3,(H,30,34)(H,31,35)(H,32,36)(H,33,37). The second kappa shape index (κ2) is 13.6. The van der Waals surface area contributed by atoms with Crippen molar-refractivity contribution in [1.82, 2.24) is 10.6 Å². The van der Waals surface area contributed by atoms with Gasteiger partial charge in [0.05, 0.1) is 0 Å². The zero-order valence-corrected chi connectivity index (χ0v) is 22.0. The van der Waals surface area contributed by atoms with Gasteiger partial charge in [0.2, 0.25) is 23.6 Å². The van der Waals surface area contributed by atoms with E-state index < -0.39 is 0 Å². The van der Waals surface area contributed by atoms with Crippen LogP contribution in [0.1, 0.15) is 82.8 Å². The van der Waals surface area contributed by atoms with Gasteiger partial charge in [-0.25, -0.2) is 0 Å². The van der Waals surface area contributed by atoms with Crippen LogP contribution in [0.2, 0.25) is 0 Å². The van der Waals surface area contributed by atoms with E-state index in [4.69, 9.17) is 0 Å². The Morgan fingerprint density at radius 2 is 1.14 bits per heavy atom. The summed E-state index contributed by atoms with van der Waals surface area (Å²) >= 11 is 0. The largest absolute Gasteiger partial charge is 0.356 e. The summed E-state index contributed by atoms with van der Waals surface area (Å²) in [6, 6.07) is 11.8. The monoisotopic (exact) mass is 506 g/mol. The predicted molar refractivity (Wildman–Crippen MR) is 146 cm³/mol. The zero-order chi connectivity index (χ0) is 26.8. The van der Waals surface area contributed by atoms with Crippen LogP contribution in [0, 0.1) is 0 Å². The van der Waals surface area contributed by atoms with Crippen molar-refractivity contribution in [3.63, 3.8) is 0 Å². The molecule has 0 radical (unpaired) electrons. The summed E-state index contributed by atoms with van der Waals surface area (Å²) in [5.74, 6) is -0.166. The molecule has 0 spiro atoms. The van der Waals surface area contributed by atoms with Gasteiger partial charge in [-0.3, -0.25) is 19.2 Å². The van der Waals surface area contributed by atoms with Gasteiger partial charge in [0, 0.05) is 56.1 Å². The van der Waals surface area contributed by atoms with Crippen LogP contribution >= 0.6 is 0 Å². The fourth-order valence-electron chi connectivity index (χ4n) is 4.56. The number of rotatable bonds is 13. The number of amides is 4. The highest BCUT2D eigenvalue weighted by atomic mass is 16.2. The summed E-state index contributed by atoms with van der Waals surface area (Å²) in [4.78, 5) is 48.0. The highest BCUT2D eigenvalue weighted by Gasteiger charge is 2.26.